The second-order valence-corrected chi connectivity index (χ2v) is 4.91. The van der Waals surface area contributed by atoms with Gasteiger partial charge in [0.15, 0.2) is 11.6 Å². The summed E-state index contributed by atoms with van der Waals surface area (Å²) in [5.41, 5.74) is 0. The van der Waals surface area contributed by atoms with Crippen LogP contribution in [0.4, 0.5) is 10.2 Å². The van der Waals surface area contributed by atoms with Crippen molar-refractivity contribution in [1.29, 1.82) is 0 Å². The van der Waals surface area contributed by atoms with Gasteiger partial charge < -0.3 is 10.6 Å². The number of hydrogen-bond acceptors (Lipinski definition) is 3. The monoisotopic (exact) mass is 287 g/mol. The smallest absolute Gasteiger partial charge is 0.166 e. The Morgan fingerprint density at radius 3 is 2.94 bits per heavy atom. The summed E-state index contributed by atoms with van der Waals surface area (Å²) in [6.45, 7) is 1.72. The van der Waals surface area contributed by atoms with Gasteiger partial charge in [0.05, 0.1) is 0 Å². The van der Waals surface area contributed by atoms with Gasteiger partial charge in [-0.2, -0.15) is 0 Å². The Labute approximate surface area is 103 Å². The SMILES string of the molecule is Fc1cc(Br)cnc1NCCCNC1CC1. The zero-order valence-corrected chi connectivity index (χ0v) is 10.6. The number of pyridine rings is 1. The van der Waals surface area contributed by atoms with Gasteiger partial charge in [0.1, 0.15) is 0 Å². The summed E-state index contributed by atoms with van der Waals surface area (Å²) in [6.07, 6.45) is 5.17. The average molecular weight is 288 g/mol. The molecule has 0 radical (unpaired) electrons. The minimum Gasteiger partial charge on any atom is -0.368 e. The van der Waals surface area contributed by atoms with Gasteiger partial charge in [-0.1, -0.05) is 0 Å². The highest BCUT2D eigenvalue weighted by Gasteiger charge is 2.19. The molecule has 88 valence electrons. The molecule has 0 saturated heterocycles. The number of hydrogen-bond donors (Lipinski definition) is 2. The molecule has 1 aliphatic carbocycles. The molecule has 1 aromatic heterocycles. The van der Waals surface area contributed by atoms with Crippen molar-refractivity contribution in [2.24, 2.45) is 0 Å². The number of nitrogens with zero attached hydrogens (tertiary/aromatic N) is 1. The standard InChI is InChI=1S/C11H15BrFN3/c12-8-6-10(13)11(16-7-8)15-5-1-4-14-9-2-3-9/h6-7,9,14H,1-5H2,(H,15,16). The van der Waals surface area contributed by atoms with Crippen molar-refractivity contribution >= 4 is 21.7 Å². The van der Waals surface area contributed by atoms with Crippen LogP contribution >= 0.6 is 15.9 Å². The first kappa shape index (κ1) is 11.8. The fourth-order valence-corrected chi connectivity index (χ4v) is 1.74. The largest absolute Gasteiger partial charge is 0.368 e. The van der Waals surface area contributed by atoms with Crippen LogP contribution in [0.1, 0.15) is 19.3 Å². The summed E-state index contributed by atoms with van der Waals surface area (Å²) in [6, 6.07) is 2.15. The molecular formula is C11H15BrFN3. The van der Waals surface area contributed by atoms with E-state index in [1.54, 1.807) is 6.20 Å². The average Bonchev–Trinajstić information content (AvgIpc) is 3.04. The molecule has 0 aliphatic heterocycles. The quantitative estimate of drug-likeness (QED) is 0.790. The lowest BCUT2D eigenvalue weighted by Gasteiger charge is -2.07. The van der Waals surface area contributed by atoms with E-state index in [4.69, 9.17) is 0 Å². The lowest BCUT2D eigenvalue weighted by Crippen LogP contribution is -2.20. The van der Waals surface area contributed by atoms with Crippen molar-refractivity contribution in [2.45, 2.75) is 25.3 Å². The van der Waals surface area contributed by atoms with Crippen molar-refractivity contribution in [1.82, 2.24) is 10.3 Å². The molecule has 1 heterocycles. The van der Waals surface area contributed by atoms with E-state index >= 15 is 0 Å². The molecule has 1 aromatic rings. The molecule has 0 unspecified atom stereocenters. The Hall–Kier alpha value is -0.680. The summed E-state index contributed by atoms with van der Waals surface area (Å²) in [4.78, 5) is 3.97. The molecule has 5 heteroatoms. The highest BCUT2D eigenvalue weighted by atomic mass is 79.9. The van der Waals surface area contributed by atoms with E-state index in [1.165, 1.54) is 18.9 Å². The summed E-state index contributed by atoms with van der Waals surface area (Å²) in [5, 5.41) is 6.39. The molecule has 2 N–H and O–H groups in total. The lowest BCUT2D eigenvalue weighted by molar-refractivity contribution is 0.619. The van der Waals surface area contributed by atoms with Crippen LogP contribution in [0, 0.1) is 5.82 Å². The topological polar surface area (TPSA) is 37.0 Å². The van der Waals surface area contributed by atoms with Crippen molar-refractivity contribution in [3.8, 4) is 0 Å². The summed E-state index contributed by atoms with van der Waals surface area (Å²) < 4.78 is 14.0. The van der Waals surface area contributed by atoms with Crippen LogP contribution in [0.25, 0.3) is 0 Å². The van der Waals surface area contributed by atoms with Gasteiger partial charge in [0, 0.05) is 23.3 Å². The van der Waals surface area contributed by atoms with Gasteiger partial charge in [-0.3, -0.25) is 0 Å². The molecule has 3 nitrogen and oxygen atoms in total. The number of aromatic nitrogens is 1. The van der Waals surface area contributed by atoms with Crippen LogP contribution in [0.3, 0.4) is 0 Å². The van der Waals surface area contributed by atoms with Crippen LogP contribution in [-0.2, 0) is 0 Å². The second kappa shape index (κ2) is 5.59. The molecule has 1 fully saturated rings. The summed E-state index contributed by atoms with van der Waals surface area (Å²) in [5.74, 6) is 0.0131. The number of halogens is 2. The normalized spacial score (nSPS) is 15.1. The van der Waals surface area contributed by atoms with Gasteiger partial charge in [-0.25, -0.2) is 9.37 Å². The predicted octanol–water partition coefficient (Wildman–Crippen LogP) is 2.54. The molecular weight excluding hydrogens is 273 g/mol. The maximum absolute atomic E-state index is 13.3. The molecule has 0 atom stereocenters. The van der Waals surface area contributed by atoms with Crippen LogP contribution in [-0.4, -0.2) is 24.1 Å². The van der Waals surface area contributed by atoms with E-state index in [2.05, 4.69) is 31.5 Å². The van der Waals surface area contributed by atoms with Crippen LogP contribution in [0.2, 0.25) is 0 Å². The van der Waals surface area contributed by atoms with E-state index in [-0.39, 0.29) is 5.82 Å². The van der Waals surface area contributed by atoms with Crippen molar-refractivity contribution in [3.05, 3.63) is 22.6 Å². The minimum atomic E-state index is -0.315. The molecule has 0 spiro atoms. The fourth-order valence-electron chi connectivity index (χ4n) is 1.43. The first-order valence-corrected chi connectivity index (χ1v) is 6.33. The van der Waals surface area contributed by atoms with Crippen LogP contribution < -0.4 is 10.6 Å². The Kier molecular flexibility index (Phi) is 4.12. The fraction of sp³-hybridized carbons (Fsp3) is 0.545. The third-order valence-corrected chi connectivity index (χ3v) is 2.90. The molecule has 2 rings (SSSR count). The zero-order chi connectivity index (χ0) is 11.4. The maximum Gasteiger partial charge on any atom is 0.166 e. The molecule has 1 aliphatic rings. The third kappa shape index (κ3) is 3.72. The maximum atomic E-state index is 13.3. The van der Waals surface area contributed by atoms with E-state index in [1.807, 2.05) is 0 Å². The van der Waals surface area contributed by atoms with Crippen LogP contribution in [0.5, 0.6) is 0 Å². The van der Waals surface area contributed by atoms with Gasteiger partial charge in [-0.05, 0) is 47.8 Å². The molecule has 1 saturated carbocycles. The zero-order valence-electron chi connectivity index (χ0n) is 8.97. The Bertz CT molecular complexity index is 355. The summed E-state index contributed by atoms with van der Waals surface area (Å²) in [7, 11) is 0. The predicted molar refractivity (Wildman–Crippen MR) is 66.0 cm³/mol. The van der Waals surface area contributed by atoms with Gasteiger partial charge in [0.25, 0.3) is 0 Å². The van der Waals surface area contributed by atoms with E-state index in [0.29, 0.717) is 10.3 Å². The highest BCUT2D eigenvalue weighted by molar-refractivity contribution is 9.10. The van der Waals surface area contributed by atoms with Gasteiger partial charge in [0.2, 0.25) is 0 Å². The van der Waals surface area contributed by atoms with Crippen molar-refractivity contribution < 1.29 is 4.39 Å². The first-order valence-electron chi connectivity index (χ1n) is 5.54. The third-order valence-electron chi connectivity index (χ3n) is 2.46. The molecule has 0 aromatic carbocycles. The lowest BCUT2D eigenvalue weighted by atomic mass is 10.4. The van der Waals surface area contributed by atoms with E-state index in [0.717, 1.165) is 25.6 Å². The minimum absolute atomic E-state index is 0.315. The number of rotatable bonds is 6. The number of anilines is 1. The Balaban J connectivity index is 1.67. The van der Waals surface area contributed by atoms with Crippen molar-refractivity contribution in [3.63, 3.8) is 0 Å². The van der Waals surface area contributed by atoms with E-state index in [9.17, 15) is 4.39 Å². The van der Waals surface area contributed by atoms with Crippen molar-refractivity contribution in [2.75, 3.05) is 18.4 Å². The highest BCUT2D eigenvalue weighted by Crippen LogP contribution is 2.18. The molecule has 0 bridgehead atoms. The van der Waals surface area contributed by atoms with Crippen LogP contribution in [0.15, 0.2) is 16.7 Å². The number of nitrogens with one attached hydrogen (secondary N) is 2. The Morgan fingerprint density at radius 2 is 2.25 bits per heavy atom. The van der Waals surface area contributed by atoms with Gasteiger partial charge >= 0.3 is 0 Å². The molecule has 0 amide bonds. The summed E-state index contributed by atoms with van der Waals surface area (Å²) >= 11 is 3.17. The van der Waals surface area contributed by atoms with Gasteiger partial charge in [-0.15, -0.1) is 0 Å². The van der Waals surface area contributed by atoms with E-state index < -0.39 is 0 Å². The Morgan fingerprint density at radius 1 is 1.44 bits per heavy atom. The first-order chi connectivity index (χ1) is 7.75. The second-order valence-electron chi connectivity index (χ2n) is 3.99. The molecule has 16 heavy (non-hydrogen) atoms.